The first-order valence-corrected chi connectivity index (χ1v) is 8.04. The normalized spacial score (nSPS) is 18.0. The molecule has 1 fully saturated rings. The van der Waals surface area contributed by atoms with Crippen molar-refractivity contribution in [2.75, 3.05) is 18.4 Å². The van der Waals surface area contributed by atoms with Gasteiger partial charge in [-0.1, -0.05) is 0 Å². The van der Waals surface area contributed by atoms with Crippen LogP contribution in [0.4, 0.5) is 10.5 Å². The van der Waals surface area contributed by atoms with Gasteiger partial charge < -0.3 is 19.9 Å². The Hall–Kier alpha value is -2.42. The third kappa shape index (κ3) is 3.12. The largest absolute Gasteiger partial charge is 0.388 e. The highest BCUT2D eigenvalue weighted by Gasteiger charge is 2.28. The average Bonchev–Trinajstić information content (AvgIpc) is 3.09. The Balaban J connectivity index is 1.69. The Bertz CT molecular complexity index is 736. The summed E-state index contributed by atoms with van der Waals surface area (Å²) >= 11 is 0. The fourth-order valence-electron chi connectivity index (χ4n) is 3.16. The average molecular weight is 333 g/mol. The van der Waals surface area contributed by atoms with Crippen molar-refractivity contribution >= 4 is 11.7 Å². The SMILES string of the molecule is Cc1nn(C)cc1NC(=O)N1CCC[C@H](c2nnc(CO)n2C)C1. The topological polar surface area (TPSA) is 101 Å². The van der Waals surface area contributed by atoms with Gasteiger partial charge in [0.1, 0.15) is 12.4 Å². The predicted molar refractivity (Wildman–Crippen MR) is 87.4 cm³/mol. The second-order valence-corrected chi connectivity index (χ2v) is 6.21. The molecule has 0 radical (unpaired) electrons. The van der Waals surface area contributed by atoms with Crippen molar-refractivity contribution in [1.82, 2.24) is 29.4 Å². The standard InChI is InChI=1S/C15H23N7O2/c1-10-12(8-20(2)19-10)16-15(24)22-6-4-5-11(7-22)14-18-17-13(9-23)21(14)3/h8,11,23H,4-7,9H2,1-3H3,(H,16,24)/t11-/m0/s1. The number of carbonyl (C=O) groups is 1. The van der Waals surface area contributed by atoms with Gasteiger partial charge in [-0.3, -0.25) is 4.68 Å². The molecule has 2 amide bonds. The van der Waals surface area contributed by atoms with Crippen molar-refractivity contribution in [1.29, 1.82) is 0 Å². The molecule has 0 aromatic carbocycles. The molecule has 1 atom stereocenters. The van der Waals surface area contributed by atoms with Crippen LogP contribution in [-0.2, 0) is 20.7 Å². The van der Waals surface area contributed by atoms with Crippen LogP contribution >= 0.6 is 0 Å². The minimum atomic E-state index is -0.138. The van der Waals surface area contributed by atoms with Crippen LogP contribution in [0.5, 0.6) is 0 Å². The molecule has 1 aliphatic heterocycles. The van der Waals surface area contributed by atoms with Gasteiger partial charge in [0, 0.05) is 39.3 Å². The van der Waals surface area contributed by atoms with E-state index in [1.165, 1.54) is 0 Å². The number of rotatable bonds is 3. The number of likely N-dealkylation sites (tertiary alicyclic amines) is 1. The lowest BCUT2D eigenvalue weighted by Crippen LogP contribution is -2.42. The Morgan fingerprint density at radius 3 is 2.83 bits per heavy atom. The summed E-state index contributed by atoms with van der Waals surface area (Å²) in [5.74, 6) is 1.48. The van der Waals surface area contributed by atoms with Gasteiger partial charge in [0.05, 0.1) is 11.4 Å². The molecule has 0 aliphatic carbocycles. The third-order valence-corrected chi connectivity index (χ3v) is 4.47. The summed E-state index contributed by atoms with van der Waals surface area (Å²) in [6.45, 7) is 3.03. The Labute approximate surface area is 140 Å². The number of hydrogen-bond donors (Lipinski definition) is 2. The number of aryl methyl sites for hydroxylation is 2. The number of piperidine rings is 1. The Morgan fingerprint density at radius 1 is 1.42 bits per heavy atom. The summed E-state index contributed by atoms with van der Waals surface area (Å²) in [7, 11) is 3.67. The number of anilines is 1. The number of carbonyl (C=O) groups excluding carboxylic acids is 1. The molecule has 9 nitrogen and oxygen atoms in total. The van der Waals surface area contributed by atoms with E-state index in [2.05, 4.69) is 20.6 Å². The summed E-state index contributed by atoms with van der Waals surface area (Å²) in [5.41, 5.74) is 1.52. The summed E-state index contributed by atoms with van der Waals surface area (Å²) in [4.78, 5) is 14.3. The minimum absolute atomic E-state index is 0.122. The second kappa shape index (κ2) is 6.60. The maximum absolute atomic E-state index is 12.5. The van der Waals surface area contributed by atoms with E-state index in [1.807, 2.05) is 25.6 Å². The number of hydrogen-bond acceptors (Lipinski definition) is 5. The number of urea groups is 1. The number of aliphatic hydroxyl groups excluding tert-OH is 1. The molecule has 9 heteroatoms. The van der Waals surface area contributed by atoms with Crippen LogP contribution < -0.4 is 5.32 Å². The third-order valence-electron chi connectivity index (χ3n) is 4.47. The summed E-state index contributed by atoms with van der Waals surface area (Å²) in [5, 5.41) is 24.6. The molecular weight excluding hydrogens is 310 g/mol. The van der Waals surface area contributed by atoms with E-state index >= 15 is 0 Å². The molecule has 130 valence electrons. The van der Waals surface area contributed by atoms with Crippen molar-refractivity contribution in [3.8, 4) is 0 Å². The van der Waals surface area contributed by atoms with Gasteiger partial charge in [0.25, 0.3) is 0 Å². The number of nitrogens with one attached hydrogen (secondary N) is 1. The molecule has 24 heavy (non-hydrogen) atoms. The van der Waals surface area contributed by atoms with Gasteiger partial charge in [-0.15, -0.1) is 10.2 Å². The first-order chi connectivity index (χ1) is 11.5. The predicted octanol–water partition coefficient (Wildman–Crippen LogP) is 0.761. The molecular formula is C15H23N7O2. The fraction of sp³-hybridized carbons (Fsp3) is 0.600. The smallest absolute Gasteiger partial charge is 0.321 e. The highest BCUT2D eigenvalue weighted by Crippen LogP contribution is 2.26. The summed E-state index contributed by atoms with van der Waals surface area (Å²) < 4.78 is 3.50. The Kier molecular flexibility index (Phi) is 4.52. The van der Waals surface area contributed by atoms with Gasteiger partial charge in [-0.25, -0.2) is 4.79 Å². The van der Waals surface area contributed by atoms with E-state index in [4.69, 9.17) is 0 Å². The first kappa shape index (κ1) is 16.4. The van der Waals surface area contributed by atoms with Crippen LogP contribution in [-0.4, -0.2) is 53.7 Å². The highest BCUT2D eigenvalue weighted by molar-refractivity contribution is 5.89. The van der Waals surface area contributed by atoms with Gasteiger partial charge in [-0.2, -0.15) is 5.10 Å². The van der Waals surface area contributed by atoms with Crippen LogP contribution in [0.2, 0.25) is 0 Å². The molecule has 2 aromatic heterocycles. The second-order valence-electron chi connectivity index (χ2n) is 6.21. The van der Waals surface area contributed by atoms with Crippen molar-refractivity contribution in [3.63, 3.8) is 0 Å². The van der Waals surface area contributed by atoms with Crippen molar-refractivity contribution in [2.24, 2.45) is 14.1 Å². The van der Waals surface area contributed by atoms with E-state index < -0.39 is 0 Å². The fourth-order valence-corrected chi connectivity index (χ4v) is 3.16. The lowest BCUT2D eigenvalue weighted by atomic mass is 9.97. The van der Waals surface area contributed by atoms with Gasteiger partial charge in [0.15, 0.2) is 5.82 Å². The molecule has 1 aliphatic rings. The minimum Gasteiger partial charge on any atom is -0.388 e. The number of aromatic nitrogens is 5. The number of amides is 2. The van der Waals surface area contributed by atoms with Crippen LogP contribution in [0.1, 0.15) is 36.1 Å². The molecule has 0 spiro atoms. The first-order valence-electron chi connectivity index (χ1n) is 8.04. The molecule has 0 saturated carbocycles. The monoisotopic (exact) mass is 333 g/mol. The number of aliphatic hydroxyl groups is 1. The molecule has 3 rings (SSSR count). The van der Waals surface area contributed by atoms with Crippen LogP contribution in [0.25, 0.3) is 0 Å². The Morgan fingerprint density at radius 2 is 2.21 bits per heavy atom. The quantitative estimate of drug-likeness (QED) is 0.863. The number of nitrogens with zero attached hydrogens (tertiary/aromatic N) is 6. The molecule has 0 unspecified atom stereocenters. The maximum atomic E-state index is 12.5. The summed E-state index contributed by atoms with van der Waals surface area (Å²) in [6.07, 6.45) is 3.66. The molecule has 0 bridgehead atoms. The van der Waals surface area contributed by atoms with Gasteiger partial charge in [0.2, 0.25) is 0 Å². The molecule has 3 heterocycles. The van der Waals surface area contributed by atoms with E-state index in [0.717, 1.165) is 30.0 Å². The van der Waals surface area contributed by atoms with Gasteiger partial charge >= 0.3 is 6.03 Å². The van der Waals surface area contributed by atoms with Crippen molar-refractivity contribution < 1.29 is 9.90 Å². The molecule has 2 N–H and O–H groups in total. The van der Waals surface area contributed by atoms with Crippen molar-refractivity contribution in [3.05, 3.63) is 23.5 Å². The van der Waals surface area contributed by atoms with E-state index in [0.29, 0.717) is 18.9 Å². The lowest BCUT2D eigenvalue weighted by Gasteiger charge is -2.32. The zero-order chi connectivity index (χ0) is 17.3. The highest BCUT2D eigenvalue weighted by atomic mass is 16.3. The van der Waals surface area contributed by atoms with Crippen molar-refractivity contribution in [2.45, 2.75) is 32.3 Å². The molecule has 1 saturated heterocycles. The maximum Gasteiger partial charge on any atom is 0.321 e. The molecule has 2 aromatic rings. The van der Waals surface area contributed by atoms with E-state index in [9.17, 15) is 9.90 Å². The van der Waals surface area contributed by atoms with Crippen LogP contribution in [0.3, 0.4) is 0 Å². The zero-order valence-electron chi connectivity index (χ0n) is 14.2. The van der Waals surface area contributed by atoms with E-state index in [-0.39, 0.29) is 18.6 Å². The lowest BCUT2D eigenvalue weighted by molar-refractivity contribution is 0.190. The summed E-state index contributed by atoms with van der Waals surface area (Å²) in [6, 6.07) is -0.125. The van der Waals surface area contributed by atoms with Crippen LogP contribution in [0, 0.1) is 6.92 Å². The van der Waals surface area contributed by atoms with Gasteiger partial charge in [-0.05, 0) is 19.8 Å². The van der Waals surface area contributed by atoms with E-state index in [1.54, 1.807) is 15.8 Å². The van der Waals surface area contributed by atoms with Crippen LogP contribution in [0.15, 0.2) is 6.20 Å². The zero-order valence-corrected chi connectivity index (χ0v) is 14.2.